The van der Waals surface area contributed by atoms with Crippen molar-refractivity contribution in [2.75, 3.05) is 0 Å². The largest absolute Gasteiger partial charge is 0.279 e. The summed E-state index contributed by atoms with van der Waals surface area (Å²) in [6.07, 6.45) is 11.7. The van der Waals surface area contributed by atoms with Gasteiger partial charge in [0.2, 0.25) is 0 Å². The molecule has 0 amide bonds. The van der Waals surface area contributed by atoms with Crippen LogP contribution < -0.4 is 0 Å². The summed E-state index contributed by atoms with van der Waals surface area (Å²) in [5, 5.41) is 1.29. The van der Waals surface area contributed by atoms with E-state index in [0.29, 0.717) is 5.92 Å². The minimum atomic E-state index is 0.0519. The van der Waals surface area contributed by atoms with E-state index in [2.05, 4.69) is 43.4 Å². The highest BCUT2D eigenvalue weighted by molar-refractivity contribution is 5.99. The topological polar surface area (TPSA) is 30.2 Å². The summed E-state index contributed by atoms with van der Waals surface area (Å²) in [4.78, 5) is 11.0. The number of aryl methyl sites for hydroxylation is 1. The molecule has 2 aromatic carbocycles. The second kappa shape index (κ2) is 5.69. The van der Waals surface area contributed by atoms with Crippen LogP contribution in [-0.2, 0) is 18.3 Å². The Hall–Kier alpha value is -2.42. The highest BCUT2D eigenvalue weighted by atomic mass is 15.1. The van der Waals surface area contributed by atoms with E-state index >= 15 is 0 Å². The molecule has 0 spiro atoms. The Labute approximate surface area is 201 Å². The van der Waals surface area contributed by atoms with Crippen LogP contribution in [0.1, 0.15) is 117 Å². The summed E-state index contributed by atoms with van der Waals surface area (Å²) in [5.74, 6) is 3.40. The lowest BCUT2D eigenvalue weighted by Crippen LogP contribution is -2.38. The zero-order valence-electron chi connectivity index (χ0n) is 20.7. The molecule has 0 saturated heterocycles. The highest BCUT2D eigenvalue weighted by Crippen LogP contribution is 2.64. The van der Waals surface area contributed by atoms with Crippen LogP contribution in [0.15, 0.2) is 18.2 Å². The third kappa shape index (κ3) is 1.91. The van der Waals surface area contributed by atoms with Gasteiger partial charge in [0.1, 0.15) is 11.5 Å². The Morgan fingerprint density at radius 2 is 1.68 bits per heavy atom. The van der Waals surface area contributed by atoms with Crippen molar-refractivity contribution < 1.29 is 0 Å². The Morgan fingerprint density at radius 3 is 2.53 bits per heavy atom. The molecule has 2 saturated carbocycles. The van der Waals surface area contributed by atoms with E-state index in [1.807, 2.05) is 0 Å². The molecule has 2 aromatic heterocycles. The van der Waals surface area contributed by atoms with E-state index in [9.17, 15) is 0 Å². The molecule has 5 aliphatic rings. The van der Waals surface area contributed by atoms with Crippen molar-refractivity contribution in [2.24, 2.45) is 5.41 Å². The van der Waals surface area contributed by atoms with Gasteiger partial charge in [0.25, 0.3) is 0 Å². The van der Waals surface area contributed by atoms with Crippen LogP contribution in [0.3, 0.4) is 0 Å². The van der Waals surface area contributed by atoms with Crippen LogP contribution in [0.4, 0.5) is 0 Å². The number of rotatable bonds is 0. The summed E-state index contributed by atoms with van der Waals surface area (Å²) < 4.78 is 2.56. The third-order valence-corrected chi connectivity index (χ3v) is 11.6. The SMILES string of the molecule is CC1(C)C2CC[C@@]1(C)c1nc3cc4c(cc3c3nc5cc6c(c2c5n13)CCCC6)[C@@H]1CC[C@H]4C1. The van der Waals surface area contributed by atoms with Gasteiger partial charge in [-0.2, -0.15) is 0 Å². The summed E-state index contributed by atoms with van der Waals surface area (Å²) in [5.41, 5.74) is 13.3. The molecule has 172 valence electrons. The molecule has 3 nitrogen and oxygen atoms in total. The van der Waals surface area contributed by atoms with Crippen LogP contribution in [0.2, 0.25) is 0 Å². The molecule has 9 rings (SSSR count). The van der Waals surface area contributed by atoms with E-state index < -0.39 is 0 Å². The van der Waals surface area contributed by atoms with Gasteiger partial charge in [-0.3, -0.25) is 4.40 Å². The average molecular weight is 448 g/mol. The van der Waals surface area contributed by atoms with Gasteiger partial charge in [-0.05, 0) is 127 Å². The van der Waals surface area contributed by atoms with Gasteiger partial charge in [-0.1, -0.05) is 20.8 Å². The van der Waals surface area contributed by atoms with Crippen molar-refractivity contribution in [3.8, 4) is 0 Å². The number of benzene rings is 2. The minimum absolute atomic E-state index is 0.0519. The zero-order chi connectivity index (χ0) is 22.6. The van der Waals surface area contributed by atoms with Gasteiger partial charge >= 0.3 is 0 Å². The predicted octanol–water partition coefficient (Wildman–Crippen LogP) is 7.45. The lowest BCUT2D eigenvalue weighted by Gasteiger charge is -2.40. The number of aromatic nitrogens is 3. The first kappa shape index (κ1) is 18.9. The molecule has 2 fully saturated rings. The molecule has 0 radical (unpaired) electrons. The molecule has 4 bridgehead atoms. The maximum absolute atomic E-state index is 5.59. The Kier molecular flexibility index (Phi) is 3.15. The van der Waals surface area contributed by atoms with Gasteiger partial charge in [0.05, 0.1) is 16.6 Å². The first-order valence-corrected chi connectivity index (χ1v) is 13.8. The number of imidazole rings is 1. The van der Waals surface area contributed by atoms with Crippen LogP contribution in [-0.4, -0.2) is 14.4 Å². The van der Waals surface area contributed by atoms with Gasteiger partial charge in [0.15, 0.2) is 0 Å². The van der Waals surface area contributed by atoms with E-state index in [1.165, 1.54) is 91.2 Å². The number of hydrogen-bond donors (Lipinski definition) is 0. The van der Waals surface area contributed by atoms with E-state index in [1.54, 1.807) is 27.8 Å². The van der Waals surface area contributed by atoms with E-state index in [0.717, 1.165) is 11.8 Å². The lowest BCUT2D eigenvalue weighted by atomic mass is 9.63. The fraction of sp³-hybridized carbons (Fsp3) is 0.548. The maximum atomic E-state index is 5.59. The Morgan fingerprint density at radius 1 is 0.882 bits per heavy atom. The first-order chi connectivity index (χ1) is 16.5. The summed E-state index contributed by atoms with van der Waals surface area (Å²) in [6.45, 7) is 7.59. The molecule has 4 aromatic rings. The molecule has 4 aliphatic carbocycles. The lowest BCUT2D eigenvalue weighted by molar-refractivity contribution is 0.193. The molecule has 1 unspecified atom stereocenters. The molecule has 34 heavy (non-hydrogen) atoms. The van der Waals surface area contributed by atoms with Crippen molar-refractivity contribution in [3.63, 3.8) is 0 Å². The van der Waals surface area contributed by atoms with Gasteiger partial charge < -0.3 is 0 Å². The van der Waals surface area contributed by atoms with Crippen molar-refractivity contribution in [1.82, 2.24) is 14.4 Å². The molecule has 4 atom stereocenters. The smallest absolute Gasteiger partial charge is 0.148 e. The van der Waals surface area contributed by atoms with Crippen LogP contribution in [0, 0.1) is 5.41 Å². The van der Waals surface area contributed by atoms with Crippen molar-refractivity contribution in [2.45, 2.75) is 102 Å². The van der Waals surface area contributed by atoms with Gasteiger partial charge in [0, 0.05) is 10.8 Å². The fourth-order valence-corrected chi connectivity index (χ4v) is 9.35. The highest BCUT2D eigenvalue weighted by Gasteiger charge is 2.57. The number of nitrogens with zero attached hydrogens (tertiary/aromatic N) is 3. The minimum Gasteiger partial charge on any atom is -0.279 e. The number of hydrogen-bond acceptors (Lipinski definition) is 2. The van der Waals surface area contributed by atoms with Crippen LogP contribution in [0.5, 0.6) is 0 Å². The van der Waals surface area contributed by atoms with E-state index in [4.69, 9.17) is 9.97 Å². The molecule has 0 N–H and O–H groups in total. The van der Waals surface area contributed by atoms with Gasteiger partial charge in [-0.15, -0.1) is 0 Å². The zero-order valence-corrected chi connectivity index (χ0v) is 20.7. The predicted molar refractivity (Wildman–Crippen MR) is 137 cm³/mol. The second-order valence-electron chi connectivity index (χ2n) is 13.1. The summed E-state index contributed by atoms with van der Waals surface area (Å²) in [6, 6.07) is 7.44. The number of fused-ring (bicyclic) bond motifs is 13. The monoisotopic (exact) mass is 447 g/mol. The average Bonchev–Trinajstić information content (AvgIpc) is 3.57. The molecular weight excluding hydrogens is 414 g/mol. The normalized spacial score (nSPS) is 32.1. The first-order valence-electron chi connectivity index (χ1n) is 13.8. The van der Waals surface area contributed by atoms with Gasteiger partial charge in [-0.25, -0.2) is 9.97 Å². The maximum Gasteiger partial charge on any atom is 0.148 e. The molecule has 1 aliphatic heterocycles. The fourth-order valence-electron chi connectivity index (χ4n) is 9.35. The van der Waals surface area contributed by atoms with E-state index in [-0.39, 0.29) is 10.8 Å². The summed E-state index contributed by atoms with van der Waals surface area (Å²) >= 11 is 0. The third-order valence-electron chi connectivity index (χ3n) is 11.6. The Balaban J connectivity index is 1.51. The van der Waals surface area contributed by atoms with Crippen LogP contribution >= 0.6 is 0 Å². The Bertz CT molecular complexity index is 1600. The second-order valence-corrected chi connectivity index (χ2v) is 13.1. The summed E-state index contributed by atoms with van der Waals surface area (Å²) in [7, 11) is 0. The molecule has 3 heterocycles. The van der Waals surface area contributed by atoms with Crippen LogP contribution in [0.25, 0.3) is 27.6 Å². The molecular formula is C31H33N3. The van der Waals surface area contributed by atoms with Crippen molar-refractivity contribution in [1.29, 1.82) is 0 Å². The molecule has 3 heteroatoms. The standard InChI is InChI=1S/C31H33N3/c1-30(2)23-10-11-31(30,3)29-33-24-15-21-18-9-8-17(12-18)20(21)14-22(24)28-32-25-13-16-6-4-5-7-19(16)26(23)27(25)34(28)29/h13-15,17-18,23H,4-12H2,1-3H3/t17-,18+,23?,31+/m1/s1. The van der Waals surface area contributed by atoms with Crippen molar-refractivity contribution in [3.05, 3.63) is 51.8 Å². The quantitative estimate of drug-likeness (QED) is 0.280. The van der Waals surface area contributed by atoms with Crippen molar-refractivity contribution >= 4 is 27.6 Å².